The zero-order valence-corrected chi connectivity index (χ0v) is 12.5. The number of aryl methyl sites for hydroxylation is 1. The second kappa shape index (κ2) is 8.44. The van der Waals surface area contributed by atoms with Gasteiger partial charge in [0.15, 0.2) is 0 Å². The Hall–Kier alpha value is -0.716. The quantitative estimate of drug-likeness (QED) is 0.641. The van der Waals surface area contributed by atoms with Crippen LogP contribution in [0.15, 0.2) is 54.6 Å². The summed E-state index contributed by atoms with van der Waals surface area (Å²) in [5, 5.41) is 0. The Bertz CT molecular complexity index is 372. The molecule has 0 atom stereocenters. The van der Waals surface area contributed by atoms with E-state index < -0.39 is 0 Å². The van der Waals surface area contributed by atoms with Gasteiger partial charge in [0, 0.05) is 32.7 Å². The van der Waals surface area contributed by atoms with E-state index in [2.05, 4.69) is 26.8 Å². The third-order valence-electron chi connectivity index (χ3n) is 2.10. The summed E-state index contributed by atoms with van der Waals surface area (Å²) in [6.45, 7) is 9.60. The summed E-state index contributed by atoms with van der Waals surface area (Å²) >= 11 is 0. The van der Waals surface area contributed by atoms with E-state index in [1.165, 1.54) is 5.56 Å². The molecule has 0 unspecified atom stereocenters. The smallest absolute Gasteiger partial charge is 0 e. The Labute approximate surface area is 124 Å². The van der Waals surface area contributed by atoms with Gasteiger partial charge in [0.1, 0.15) is 0 Å². The predicted molar refractivity (Wildman–Crippen MR) is 66.5 cm³/mol. The van der Waals surface area contributed by atoms with Gasteiger partial charge in [-0.2, -0.15) is 48.7 Å². The van der Waals surface area contributed by atoms with Crippen molar-refractivity contribution in [1.29, 1.82) is 0 Å². The van der Waals surface area contributed by atoms with Crippen LogP contribution in [-0.4, -0.2) is 0 Å². The molecular formula is C15H16Y-2. The van der Waals surface area contributed by atoms with Crippen LogP contribution in [0.2, 0.25) is 0 Å². The van der Waals surface area contributed by atoms with Crippen LogP contribution in [0.1, 0.15) is 16.7 Å². The topological polar surface area (TPSA) is 0 Å². The molecule has 0 aliphatic rings. The SMILES string of the molecule is [CH2-]c1ccccc1.[CH2-]c1ccccc1C.[Y]. The van der Waals surface area contributed by atoms with Crippen LogP contribution >= 0.6 is 0 Å². The molecule has 2 aromatic carbocycles. The fourth-order valence-corrected chi connectivity index (χ4v) is 1.09. The molecule has 0 N–H and O–H groups in total. The van der Waals surface area contributed by atoms with Gasteiger partial charge in [-0.1, -0.05) is 19.1 Å². The van der Waals surface area contributed by atoms with Crippen LogP contribution in [0.25, 0.3) is 0 Å². The minimum atomic E-state index is 0. The fourth-order valence-electron chi connectivity index (χ4n) is 1.09. The predicted octanol–water partition coefficient (Wildman–Crippen LogP) is 4.04. The summed E-state index contributed by atoms with van der Waals surface area (Å²) in [6.07, 6.45) is 0. The van der Waals surface area contributed by atoms with Gasteiger partial charge in [-0.3, -0.25) is 0 Å². The molecule has 2 rings (SSSR count). The van der Waals surface area contributed by atoms with Gasteiger partial charge in [0.2, 0.25) is 0 Å². The van der Waals surface area contributed by atoms with Gasteiger partial charge in [-0.15, -0.1) is 24.3 Å². The minimum Gasteiger partial charge on any atom is -0.199 e. The van der Waals surface area contributed by atoms with Crippen molar-refractivity contribution in [3.8, 4) is 0 Å². The van der Waals surface area contributed by atoms with Crippen molar-refractivity contribution >= 4 is 0 Å². The molecule has 2 aromatic rings. The maximum atomic E-state index is 3.82. The normalized spacial score (nSPS) is 8.31. The maximum absolute atomic E-state index is 3.82. The standard InChI is InChI=1S/C8H9.C7H7.Y/c1-7-5-3-4-6-8(7)2;1-7-5-3-2-4-6-7;/h3-6H,1H2,2H3;2-6H,1H2;/q2*-1;. The molecule has 0 amide bonds. The van der Waals surface area contributed by atoms with Crippen LogP contribution in [0.5, 0.6) is 0 Å². The van der Waals surface area contributed by atoms with Crippen LogP contribution < -0.4 is 0 Å². The largest absolute Gasteiger partial charge is 0.199 e. The van der Waals surface area contributed by atoms with Crippen molar-refractivity contribution in [2.45, 2.75) is 6.92 Å². The van der Waals surface area contributed by atoms with Gasteiger partial charge >= 0.3 is 0 Å². The van der Waals surface area contributed by atoms with E-state index in [1.807, 2.05) is 48.5 Å². The van der Waals surface area contributed by atoms with Gasteiger partial charge in [-0.25, -0.2) is 0 Å². The molecule has 0 aliphatic carbocycles. The average molecular weight is 285 g/mol. The fraction of sp³-hybridized carbons (Fsp3) is 0.0667. The second-order valence-corrected chi connectivity index (χ2v) is 3.41. The van der Waals surface area contributed by atoms with Crippen molar-refractivity contribution in [3.05, 3.63) is 85.1 Å². The zero-order valence-electron chi connectivity index (χ0n) is 9.69. The van der Waals surface area contributed by atoms with Crippen molar-refractivity contribution < 1.29 is 32.7 Å². The molecule has 0 aromatic heterocycles. The summed E-state index contributed by atoms with van der Waals surface area (Å²) < 4.78 is 0. The van der Waals surface area contributed by atoms with Crippen LogP contribution in [0.4, 0.5) is 0 Å². The molecule has 1 heteroatoms. The molecule has 0 saturated carbocycles. The summed E-state index contributed by atoms with van der Waals surface area (Å²) in [5.41, 5.74) is 3.45. The summed E-state index contributed by atoms with van der Waals surface area (Å²) in [4.78, 5) is 0. The van der Waals surface area contributed by atoms with Gasteiger partial charge in [0.05, 0.1) is 0 Å². The molecule has 0 fully saturated rings. The third kappa shape index (κ3) is 6.00. The van der Waals surface area contributed by atoms with E-state index >= 15 is 0 Å². The van der Waals surface area contributed by atoms with E-state index in [0.717, 1.165) is 11.1 Å². The van der Waals surface area contributed by atoms with Crippen LogP contribution in [0, 0.1) is 20.8 Å². The van der Waals surface area contributed by atoms with E-state index in [0.29, 0.717) is 0 Å². The van der Waals surface area contributed by atoms with Crippen molar-refractivity contribution in [2.24, 2.45) is 0 Å². The second-order valence-electron chi connectivity index (χ2n) is 3.41. The molecule has 0 heterocycles. The van der Waals surface area contributed by atoms with E-state index in [1.54, 1.807) is 0 Å². The third-order valence-corrected chi connectivity index (χ3v) is 2.10. The monoisotopic (exact) mass is 285 g/mol. The van der Waals surface area contributed by atoms with E-state index in [9.17, 15) is 0 Å². The van der Waals surface area contributed by atoms with Gasteiger partial charge < -0.3 is 0 Å². The number of benzene rings is 2. The minimum absolute atomic E-state index is 0. The first-order valence-electron chi connectivity index (χ1n) is 4.95. The summed E-state index contributed by atoms with van der Waals surface area (Å²) in [5.74, 6) is 0. The molecular weight excluding hydrogens is 269 g/mol. The summed E-state index contributed by atoms with van der Waals surface area (Å²) in [7, 11) is 0. The van der Waals surface area contributed by atoms with Crippen LogP contribution in [-0.2, 0) is 32.7 Å². The number of rotatable bonds is 0. The molecule has 0 nitrogen and oxygen atoms in total. The first kappa shape index (κ1) is 15.3. The van der Waals surface area contributed by atoms with Crippen molar-refractivity contribution in [1.82, 2.24) is 0 Å². The van der Waals surface area contributed by atoms with Crippen LogP contribution in [0.3, 0.4) is 0 Å². The van der Waals surface area contributed by atoms with E-state index in [-0.39, 0.29) is 32.7 Å². The van der Waals surface area contributed by atoms with Gasteiger partial charge in [-0.05, 0) is 0 Å². The van der Waals surface area contributed by atoms with E-state index in [4.69, 9.17) is 0 Å². The van der Waals surface area contributed by atoms with Crippen molar-refractivity contribution in [2.75, 3.05) is 0 Å². The molecule has 0 spiro atoms. The Morgan fingerprint density at radius 3 is 1.56 bits per heavy atom. The first-order chi connectivity index (χ1) is 7.20. The molecule has 0 bridgehead atoms. The molecule has 0 saturated heterocycles. The molecule has 1 radical (unpaired) electrons. The average Bonchev–Trinajstić information content (AvgIpc) is 2.25. The Kier molecular flexibility index (Phi) is 8.06. The first-order valence-corrected chi connectivity index (χ1v) is 4.95. The van der Waals surface area contributed by atoms with Crippen molar-refractivity contribution in [3.63, 3.8) is 0 Å². The summed E-state index contributed by atoms with van der Waals surface area (Å²) in [6, 6.07) is 18.0. The zero-order chi connectivity index (χ0) is 11.1. The maximum Gasteiger partial charge on any atom is 0 e. The molecule has 0 aliphatic heterocycles. The van der Waals surface area contributed by atoms with Gasteiger partial charge in [0.25, 0.3) is 0 Å². The molecule has 16 heavy (non-hydrogen) atoms. The number of hydrogen-bond acceptors (Lipinski definition) is 0. The number of hydrogen-bond donors (Lipinski definition) is 0. The Balaban J connectivity index is 0.000000267. The molecule has 81 valence electrons. The Morgan fingerprint density at radius 1 is 0.750 bits per heavy atom. The Morgan fingerprint density at radius 2 is 1.25 bits per heavy atom.